The average molecular weight is 491 g/mol. The van der Waals surface area contributed by atoms with Crippen molar-refractivity contribution >= 4 is 41.5 Å². The molecule has 9 heteroatoms. The Balaban J connectivity index is 0.00000338. The summed E-state index contributed by atoms with van der Waals surface area (Å²) in [5, 5.41) is 15.1. The first-order valence-electron chi connectivity index (χ1n) is 7.97. The van der Waals surface area contributed by atoms with Gasteiger partial charge in [0.2, 0.25) is 0 Å². The van der Waals surface area contributed by atoms with E-state index >= 15 is 0 Å². The molecular weight excluding hydrogens is 467 g/mol. The van der Waals surface area contributed by atoms with Crippen LogP contribution in [-0.2, 0) is 13.6 Å². The molecule has 1 aromatic heterocycles. The zero-order valence-corrected chi connectivity index (χ0v) is 18.0. The molecule has 7 nitrogen and oxygen atoms in total. The van der Waals surface area contributed by atoms with Gasteiger partial charge in [-0.05, 0) is 19.1 Å². The van der Waals surface area contributed by atoms with Gasteiger partial charge in [-0.15, -0.1) is 40.8 Å². The Labute approximate surface area is 175 Å². The van der Waals surface area contributed by atoms with Crippen LogP contribution >= 0.6 is 35.6 Å². The zero-order valence-electron chi connectivity index (χ0n) is 14.9. The summed E-state index contributed by atoms with van der Waals surface area (Å²) >= 11 is 6.06. The molecule has 1 heterocycles. The molecule has 2 rings (SSSR count). The van der Waals surface area contributed by atoms with Crippen molar-refractivity contribution in [3.63, 3.8) is 0 Å². The number of ether oxygens (including phenoxy) is 1. The van der Waals surface area contributed by atoms with Crippen LogP contribution in [0.15, 0.2) is 41.9 Å². The molecule has 0 radical (unpaired) electrons. The van der Waals surface area contributed by atoms with Crippen LogP contribution in [0.1, 0.15) is 11.6 Å². The van der Waals surface area contributed by atoms with Gasteiger partial charge in [-0.1, -0.05) is 29.8 Å². The summed E-state index contributed by atoms with van der Waals surface area (Å²) in [5.74, 6) is 2.97. The number of aliphatic imine (C=N–C) groups is 1. The molecule has 1 aromatic carbocycles. The van der Waals surface area contributed by atoms with Crippen LogP contribution in [0.2, 0.25) is 5.02 Å². The van der Waals surface area contributed by atoms with E-state index in [0.29, 0.717) is 43.0 Å². The maximum absolute atomic E-state index is 6.06. The van der Waals surface area contributed by atoms with Gasteiger partial charge >= 0.3 is 0 Å². The van der Waals surface area contributed by atoms with E-state index in [2.05, 4.69) is 32.4 Å². The Morgan fingerprint density at radius 1 is 1.35 bits per heavy atom. The normalized spacial score (nSPS) is 10.8. The largest absolute Gasteiger partial charge is 0.490 e. The Morgan fingerprint density at radius 3 is 2.77 bits per heavy atom. The lowest BCUT2D eigenvalue weighted by Gasteiger charge is -2.12. The Kier molecular flexibility index (Phi) is 10.0. The lowest BCUT2D eigenvalue weighted by atomic mass is 10.3. The molecule has 0 unspecified atom stereocenters. The first-order chi connectivity index (χ1) is 12.1. The van der Waals surface area contributed by atoms with Crippen molar-refractivity contribution in [3.8, 4) is 5.75 Å². The molecule has 2 aromatic rings. The van der Waals surface area contributed by atoms with Crippen LogP contribution in [0.4, 0.5) is 0 Å². The third kappa shape index (κ3) is 6.83. The number of benzene rings is 1. The van der Waals surface area contributed by atoms with Crippen molar-refractivity contribution in [1.82, 2.24) is 25.4 Å². The SMILES string of the molecule is C=CCNC(=NCc1nnc(C)n1C)NCCOc1ccccc1Cl.I. The maximum Gasteiger partial charge on any atom is 0.192 e. The summed E-state index contributed by atoms with van der Waals surface area (Å²) in [6.45, 7) is 7.67. The van der Waals surface area contributed by atoms with E-state index in [1.807, 2.05) is 36.7 Å². The fraction of sp³-hybridized carbons (Fsp3) is 0.353. The van der Waals surface area contributed by atoms with E-state index in [4.69, 9.17) is 16.3 Å². The first-order valence-corrected chi connectivity index (χ1v) is 8.35. The molecule has 0 aliphatic rings. The van der Waals surface area contributed by atoms with Gasteiger partial charge in [-0.25, -0.2) is 4.99 Å². The highest BCUT2D eigenvalue weighted by atomic mass is 127. The second-order valence-electron chi connectivity index (χ2n) is 5.26. The minimum absolute atomic E-state index is 0. The number of rotatable bonds is 8. The maximum atomic E-state index is 6.06. The third-order valence-electron chi connectivity index (χ3n) is 3.46. The number of nitrogens with one attached hydrogen (secondary N) is 2. The summed E-state index contributed by atoms with van der Waals surface area (Å²) in [6, 6.07) is 7.39. The van der Waals surface area contributed by atoms with Crippen LogP contribution < -0.4 is 15.4 Å². The van der Waals surface area contributed by atoms with Gasteiger partial charge in [0.15, 0.2) is 11.8 Å². The van der Waals surface area contributed by atoms with Crippen LogP contribution in [0.3, 0.4) is 0 Å². The quantitative estimate of drug-likeness (QED) is 0.196. The Hall–Kier alpha value is -1.81. The van der Waals surface area contributed by atoms with Crippen molar-refractivity contribution in [2.24, 2.45) is 12.0 Å². The average Bonchev–Trinajstić information content (AvgIpc) is 2.93. The highest BCUT2D eigenvalue weighted by molar-refractivity contribution is 14.0. The molecule has 0 saturated carbocycles. The van der Waals surface area contributed by atoms with Crippen LogP contribution in [-0.4, -0.2) is 40.4 Å². The van der Waals surface area contributed by atoms with Gasteiger partial charge in [0, 0.05) is 13.6 Å². The van der Waals surface area contributed by atoms with Crippen molar-refractivity contribution < 1.29 is 4.74 Å². The molecule has 0 atom stereocenters. The van der Waals surface area contributed by atoms with Gasteiger partial charge in [0.1, 0.15) is 24.7 Å². The van der Waals surface area contributed by atoms with Crippen LogP contribution in [0.5, 0.6) is 5.75 Å². The lowest BCUT2D eigenvalue weighted by molar-refractivity contribution is 0.322. The monoisotopic (exact) mass is 490 g/mol. The van der Waals surface area contributed by atoms with Crippen molar-refractivity contribution in [3.05, 3.63) is 53.6 Å². The van der Waals surface area contributed by atoms with E-state index in [0.717, 1.165) is 11.6 Å². The summed E-state index contributed by atoms with van der Waals surface area (Å²) in [7, 11) is 1.92. The topological polar surface area (TPSA) is 76.4 Å². The first kappa shape index (κ1) is 22.2. The van der Waals surface area contributed by atoms with Gasteiger partial charge in [-0.3, -0.25) is 0 Å². The van der Waals surface area contributed by atoms with Crippen molar-refractivity contribution in [1.29, 1.82) is 0 Å². The molecule has 0 amide bonds. The van der Waals surface area contributed by atoms with Crippen molar-refractivity contribution in [2.75, 3.05) is 19.7 Å². The van der Waals surface area contributed by atoms with Gasteiger partial charge in [0.05, 0.1) is 11.6 Å². The predicted molar refractivity (Wildman–Crippen MR) is 115 cm³/mol. The van der Waals surface area contributed by atoms with Crippen LogP contribution in [0.25, 0.3) is 0 Å². The smallest absolute Gasteiger partial charge is 0.192 e. The fourth-order valence-electron chi connectivity index (χ4n) is 1.97. The molecule has 2 N–H and O–H groups in total. The third-order valence-corrected chi connectivity index (χ3v) is 3.78. The van der Waals surface area contributed by atoms with Crippen LogP contribution in [0, 0.1) is 6.92 Å². The number of para-hydroxylation sites is 1. The molecular formula is C17H24ClIN6O. The number of nitrogens with zero attached hydrogens (tertiary/aromatic N) is 4. The highest BCUT2D eigenvalue weighted by Crippen LogP contribution is 2.22. The fourth-order valence-corrected chi connectivity index (χ4v) is 2.16. The number of aryl methyl sites for hydroxylation is 1. The van der Waals surface area contributed by atoms with E-state index in [-0.39, 0.29) is 24.0 Å². The molecule has 0 aliphatic carbocycles. The second-order valence-corrected chi connectivity index (χ2v) is 5.67. The number of aromatic nitrogens is 3. The number of hydrogen-bond acceptors (Lipinski definition) is 4. The molecule has 0 saturated heterocycles. The summed E-state index contributed by atoms with van der Waals surface area (Å²) in [6.07, 6.45) is 1.77. The van der Waals surface area contributed by atoms with E-state index in [1.54, 1.807) is 12.1 Å². The van der Waals surface area contributed by atoms with Gasteiger partial charge in [0.25, 0.3) is 0 Å². The minimum Gasteiger partial charge on any atom is -0.490 e. The van der Waals surface area contributed by atoms with Crippen molar-refractivity contribution in [2.45, 2.75) is 13.5 Å². The lowest BCUT2D eigenvalue weighted by Crippen LogP contribution is -2.39. The van der Waals surface area contributed by atoms with E-state index < -0.39 is 0 Å². The molecule has 142 valence electrons. The molecule has 0 fully saturated rings. The summed E-state index contributed by atoms with van der Waals surface area (Å²) in [4.78, 5) is 4.51. The molecule has 0 aliphatic heterocycles. The highest BCUT2D eigenvalue weighted by Gasteiger charge is 2.05. The molecule has 0 spiro atoms. The number of halogens is 2. The second kappa shape index (κ2) is 11.7. The molecule has 26 heavy (non-hydrogen) atoms. The zero-order chi connectivity index (χ0) is 18.1. The predicted octanol–water partition coefficient (Wildman–Crippen LogP) is 2.70. The Morgan fingerprint density at radius 2 is 2.12 bits per heavy atom. The minimum atomic E-state index is 0. The Bertz CT molecular complexity index is 734. The number of hydrogen-bond donors (Lipinski definition) is 2. The number of guanidine groups is 1. The molecule has 0 bridgehead atoms. The van der Waals surface area contributed by atoms with E-state index in [9.17, 15) is 0 Å². The summed E-state index contributed by atoms with van der Waals surface area (Å²) in [5.41, 5.74) is 0. The van der Waals surface area contributed by atoms with Gasteiger partial charge < -0.3 is 19.9 Å². The summed E-state index contributed by atoms with van der Waals surface area (Å²) < 4.78 is 7.56. The standard InChI is InChI=1S/C17H23ClN6O.HI/c1-4-9-19-17(21-12-16-23-22-13(2)24(16)3)20-10-11-25-15-8-6-5-7-14(15)18;/h4-8H,1,9-12H2,2-3H3,(H2,19,20,21);1H. The van der Waals surface area contributed by atoms with Gasteiger partial charge in [-0.2, -0.15) is 0 Å². The van der Waals surface area contributed by atoms with E-state index in [1.165, 1.54) is 0 Å².